The molecular weight excluding hydrogens is 270 g/mol. The summed E-state index contributed by atoms with van der Waals surface area (Å²) in [6, 6.07) is 6.51. The molecule has 1 aliphatic heterocycles. The van der Waals surface area contributed by atoms with E-state index < -0.39 is 4.92 Å². The van der Waals surface area contributed by atoms with Crippen molar-refractivity contribution in [2.75, 3.05) is 13.1 Å². The van der Waals surface area contributed by atoms with Crippen LogP contribution in [-0.4, -0.2) is 34.9 Å². The summed E-state index contributed by atoms with van der Waals surface area (Å²) in [5, 5.41) is 10.9. The third kappa shape index (κ3) is 3.46. The van der Waals surface area contributed by atoms with Crippen molar-refractivity contribution >= 4 is 17.7 Å². The molecule has 112 valence electrons. The molecule has 2 atom stereocenters. The van der Waals surface area contributed by atoms with Crippen LogP contribution in [-0.2, 0) is 4.79 Å². The molecule has 1 aromatic rings. The van der Waals surface area contributed by atoms with Crippen molar-refractivity contribution in [2.45, 2.75) is 19.4 Å². The number of likely N-dealkylation sites (tertiary alicyclic amines) is 1. The molecule has 1 saturated heterocycles. The second kappa shape index (κ2) is 6.49. The second-order valence-electron chi connectivity index (χ2n) is 5.33. The van der Waals surface area contributed by atoms with E-state index in [-0.39, 0.29) is 17.6 Å². The van der Waals surface area contributed by atoms with Crippen LogP contribution in [0.15, 0.2) is 30.3 Å². The van der Waals surface area contributed by atoms with E-state index in [1.807, 2.05) is 6.92 Å². The Bertz CT molecular complexity index is 571. The number of amides is 1. The summed E-state index contributed by atoms with van der Waals surface area (Å²) in [5.41, 5.74) is 6.07. The number of nitro benzene ring substituents is 1. The van der Waals surface area contributed by atoms with Gasteiger partial charge >= 0.3 is 0 Å². The van der Waals surface area contributed by atoms with Crippen LogP contribution in [0.3, 0.4) is 0 Å². The van der Waals surface area contributed by atoms with Crippen LogP contribution in [0.25, 0.3) is 6.08 Å². The lowest BCUT2D eigenvalue weighted by Gasteiger charge is -2.19. The molecular formula is C15H19N3O3. The van der Waals surface area contributed by atoms with Crippen LogP contribution >= 0.6 is 0 Å². The van der Waals surface area contributed by atoms with Crippen LogP contribution in [0.1, 0.15) is 18.9 Å². The lowest BCUT2D eigenvalue weighted by Crippen LogP contribution is -2.33. The number of rotatable bonds is 4. The number of carbonyl (C=O) groups excluding carboxylic acids is 1. The average molecular weight is 289 g/mol. The van der Waals surface area contributed by atoms with Gasteiger partial charge in [0.15, 0.2) is 0 Å². The lowest BCUT2D eigenvalue weighted by atomic mass is 10.1. The molecule has 1 amide bonds. The minimum Gasteiger partial charge on any atom is -0.336 e. The van der Waals surface area contributed by atoms with Gasteiger partial charge in [-0.15, -0.1) is 0 Å². The Morgan fingerprint density at radius 1 is 1.52 bits per heavy atom. The Kier molecular flexibility index (Phi) is 4.70. The van der Waals surface area contributed by atoms with Gasteiger partial charge < -0.3 is 10.6 Å². The van der Waals surface area contributed by atoms with Gasteiger partial charge in [-0.3, -0.25) is 14.9 Å². The topological polar surface area (TPSA) is 89.5 Å². The highest BCUT2D eigenvalue weighted by atomic mass is 16.6. The Labute approximate surface area is 123 Å². The Hall–Kier alpha value is -2.21. The van der Waals surface area contributed by atoms with E-state index in [0.717, 1.165) is 6.42 Å². The smallest absolute Gasteiger partial charge is 0.276 e. The highest BCUT2D eigenvalue weighted by Crippen LogP contribution is 2.23. The molecule has 21 heavy (non-hydrogen) atoms. The normalized spacial score (nSPS) is 21.9. The number of carbonyl (C=O) groups is 1. The molecule has 2 N–H and O–H groups in total. The molecule has 1 aromatic carbocycles. The summed E-state index contributed by atoms with van der Waals surface area (Å²) in [6.07, 6.45) is 3.81. The molecule has 2 unspecified atom stereocenters. The summed E-state index contributed by atoms with van der Waals surface area (Å²) in [7, 11) is 0. The molecule has 6 nitrogen and oxygen atoms in total. The van der Waals surface area contributed by atoms with Gasteiger partial charge in [0.25, 0.3) is 5.69 Å². The summed E-state index contributed by atoms with van der Waals surface area (Å²) in [6.45, 7) is 3.21. The number of nitrogens with zero attached hydrogens (tertiary/aromatic N) is 2. The number of hydrogen-bond donors (Lipinski definition) is 1. The molecule has 0 radical (unpaired) electrons. The number of nitrogens with two attached hydrogens (primary N) is 1. The minimum absolute atomic E-state index is 0.00384. The SMILES string of the molecule is CC1CC(CN)CN1C(=O)/C=C/c1ccccc1[N+](=O)[O-]. The Morgan fingerprint density at radius 2 is 2.24 bits per heavy atom. The maximum absolute atomic E-state index is 12.2. The third-order valence-electron chi connectivity index (χ3n) is 3.82. The quantitative estimate of drug-likeness (QED) is 0.520. The molecule has 1 fully saturated rings. The van der Waals surface area contributed by atoms with Gasteiger partial charge in [0.05, 0.1) is 10.5 Å². The highest BCUT2D eigenvalue weighted by molar-refractivity contribution is 5.92. The predicted molar refractivity (Wildman–Crippen MR) is 80.5 cm³/mol. The second-order valence-corrected chi connectivity index (χ2v) is 5.33. The van der Waals surface area contributed by atoms with Gasteiger partial charge in [-0.05, 0) is 37.9 Å². The first-order valence-corrected chi connectivity index (χ1v) is 6.95. The number of para-hydroxylation sites is 1. The van der Waals surface area contributed by atoms with Crippen LogP contribution in [0.4, 0.5) is 5.69 Å². The largest absolute Gasteiger partial charge is 0.336 e. The van der Waals surface area contributed by atoms with Gasteiger partial charge in [0.1, 0.15) is 0 Å². The zero-order valence-corrected chi connectivity index (χ0v) is 11.9. The molecule has 0 bridgehead atoms. The fourth-order valence-corrected chi connectivity index (χ4v) is 2.67. The van der Waals surface area contributed by atoms with Crippen LogP contribution in [0.2, 0.25) is 0 Å². The standard InChI is InChI=1S/C15H19N3O3/c1-11-8-12(9-16)10-17(11)15(19)7-6-13-4-2-3-5-14(13)18(20)21/h2-7,11-12H,8-10,16H2,1H3/b7-6+. The first-order chi connectivity index (χ1) is 10.0. The third-order valence-corrected chi connectivity index (χ3v) is 3.82. The number of benzene rings is 1. The summed E-state index contributed by atoms with van der Waals surface area (Å²) in [4.78, 5) is 24.4. The molecule has 1 aliphatic rings. The van der Waals surface area contributed by atoms with E-state index in [1.54, 1.807) is 23.1 Å². The van der Waals surface area contributed by atoms with E-state index in [4.69, 9.17) is 5.73 Å². The number of nitro groups is 1. The maximum atomic E-state index is 12.2. The van der Waals surface area contributed by atoms with Crippen molar-refractivity contribution < 1.29 is 9.72 Å². The van der Waals surface area contributed by atoms with Crippen molar-refractivity contribution in [2.24, 2.45) is 11.7 Å². The van der Waals surface area contributed by atoms with Gasteiger partial charge in [-0.25, -0.2) is 0 Å². The molecule has 0 spiro atoms. The van der Waals surface area contributed by atoms with Crippen molar-refractivity contribution in [1.82, 2.24) is 4.90 Å². The predicted octanol–water partition coefficient (Wildman–Crippen LogP) is 1.80. The van der Waals surface area contributed by atoms with E-state index in [9.17, 15) is 14.9 Å². The van der Waals surface area contributed by atoms with E-state index in [2.05, 4.69) is 0 Å². The zero-order chi connectivity index (χ0) is 15.4. The van der Waals surface area contributed by atoms with Crippen LogP contribution in [0.5, 0.6) is 0 Å². The molecule has 2 rings (SSSR count). The highest BCUT2D eigenvalue weighted by Gasteiger charge is 2.30. The van der Waals surface area contributed by atoms with Crippen molar-refractivity contribution in [3.63, 3.8) is 0 Å². The fourth-order valence-electron chi connectivity index (χ4n) is 2.67. The first-order valence-electron chi connectivity index (χ1n) is 6.95. The monoisotopic (exact) mass is 289 g/mol. The zero-order valence-electron chi connectivity index (χ0n) is 11.9. The van der Waals surface area contributed by atoms with Crippen LogP contribution in [0, 0.1) is 16.0 Å². The van der Waals surface area contributed by atoms with Crippen LogP contribution < -0.4 is 5.73 Å². The first kappa shape index (κ1) is 15.2. The van der Waals surface area contributed by atoms with Gasteiger partial charge in [-0.1, -0.05) is 12.1 Å². The van der Waals surface area contributed by atoms with Gasteiger partial charge in [0.2, 0.25) is 5.91 Å². The molecule has 0 aromatic heterocycles. The minimum atomic E-state index is -0.451. The number of hydrogen-bond acceptors (Lipinski definition) is 4. The Morgan fingerprint density at radius 3 is 2.86 bits per heavy atom. The van der Waals surface area contributed by atoms with E-state index >= 15 is 0 Å². The van der Waals surface area contributed by atoms with Crippen molar-refractivity contribution in [3.05, 3.63) is 46.0 Å². The molecule has 0 saturated carbocycles. The summed E-state index contributed by atoms with van der Waals surface area (Å²) >= 11 is 0. The van der Waals surface area contributed by atoms with E-state index in [0.29, 0.717) is 24.6 Å². The lowest BCUT2D eigenvalue weighted by molar-refractivity contribution is -0.385. The molecule has 6 heteroatoms. The van der Waals surface area contributed by atoms with Crippen molar-refractivity contribution in [1.29, 1.82) is 0 Å². The average Bonchev–Trinajstić information content (AvgIpc) is 2.86. The van der Waals surface area contributed by atoms with Crippen molar-refractivity contribution in [3.8, 4) is 0 Å². The molecule has 1 heterocycles. The fraction of sp³-hybridized carbons (Fsp3) is 0.400. The maximum Gasteiger partial charge on any atom is 0.276 e. The van der Waals surface area contributed by atoms with Gasteiger partial charge in [0, 0.05) is 24.7 Å². The summed E-state index contributed by atoms with van der Waals surface area (Å²) < 4.78 is 0. The van der Waals surface area contributed by atoms with E-state index in [1.165, 1.54) is 18.2 Å². The summed E-state index contributed by atoms with van der Waals surface area (Å²) in [5.74, 6) is 0.208. The van der Waals surface area contributed by atoms with Gasteiger partial charge in [-0.2, -0.15) is 0 Å². The Balaban J connectivity index is 2.11. The molecule has 0 aliphatic carbocycles.